The number of benzene rings is 1. The maximum atomic E-state index is 12.8. The van der Waals surface area contributed by atoms with Crippen LogP contribution in [0.2, 0.25) is 0 Å². The van der Waals surface area contributed by atoms with Crippen molar-refractivity contribution in [1.29, 1.82) is 0 Å². The van der Waals surface area contributed by atoms with E-state index in [9.17, 15) is 13.2 Å². The van der Waals surface area contributed by atoms with Crippen LogP contribution in [0.4, 0.5) is 13.2 Å². The summed E-state index contributed by atoms with van der Waals surface area (Å²) in [7, 11) is 2.46. The van der Waals surface area contributed by atoms with Crippen LogP contribution in [0.3, 0.4) is 0 Å². The molecule has 1 rings (SSSR count). The molecule has 0 atom stereocenters. The molecule has 0 amide bonds. The van der Waals surface area contributed by atoms with Gasteiger partial charge in [0.05, 0.1) is 14.2 Å². The van der Waals surface area contributed by atoms with Gasteiger partial charge in [-0.05, 0) is 24.5 Å². The van der Waals surface area contributed by atoms with Gasteiger partial charge in [-0.2, -0.15) is 13.2 Å². The van der Waals surface area contributed by atoms with E-state index >= 15 is 0 Å². The van der Waals surface area contributed by atoms with Gasteiger partial charge in [-0.3, -0.25) is 0 Å². The average Bonchev–Trinajstić information content (AvgIpc) is 2.33. The first kappa shape index (κ1) is 14.6. The predicted octanol–water partition coefficient (Wildman–Crippen LogP) is 2.65. The van der Waals surface area contributed by atoms with Gasteiger partial charge >= 0.3 is 6.18 Å². The monoisotopic (exact) mass is 264 g/mol. The van der Waals surface area contributed by atoms with Gasteiger partial charge in [0.1, 0.15) is 5.56 Å². The highest BCUT2D eigenvalue weighted by Crippen LogP contribution is 2.43. The molecule has 0 saturated carbocycles. The third-order valence-corrected chi connectivity index (χ3v) is 2.51. The first-order valence-corrected chi connectivity index (χ1v) is 5.37. The molecule has 0 radical (unpaired) electrons. The highest BCUT2D eigenvalue weighted by Gasteiger charge is 2.36. The summed E-state index contributed by atoms with van der Waals surface area (Å²) >= 11 is 0. The maximum Gasteiger partial charge on any atom is 0.420 e. The Hall–Kier alpha value is -1.43. The van der Waals surface area contributed by atoms with Gasteiger partial charge in [-0.25, -0.2) is 0 Å². The number of aliphatic hydroxyl groups excluding tert-OH is 1. The zero-order chi connectivity index (χ0) is 13.8. The summed E-state index contributed by atoms with van der Waals surface area (Å²) in [5.41, 5.74) is -0.286. The van der Waals surface area contributed by atoms with Crippen molar-refractivity contribution in [3.8, 4) is 11.5 Å². The topological polar surface area (TPSA) is 38.7 Å². The van der Waals surface area contributed by atoms with Crippen molar-refractivity contribution in [2.24, 2.45) is 0 Å². The molecule has 0 aromatic heterocycles. The number of hydrogen-bond donors (Lipinski definition) is 1. The van der Waals surface area contributed by atoms with Gasteiger partial charge in [-0.1, -0.05) is 6.07 Å². The lowest BCUT2D eigenvalue weighted by Crippen LogP contribution is -2.09. The molecule has 1 aromatic rings. The van der Waals surface area contributed by atoms with E-state index in [4.69, 9.17) is 14.6 Å². The lowest BCUT2D eigenvalue weighted by molar-refractivity contribution is -0.138. The van der Waals surface area contributed by atoms with Crippen LogP contribution in [0, 0.1) is 0 Å². The minimum absolute atomic E-state index is 0.0352. The van der Waals surface area contributed by atoms with Crippen molar-refractivity contribution in [3.63, 3.8) is 0 Å². The molecule has 18 heavy (non-hydrogen) atoms. The van der Waals surface area contributed by atoms with Crippen LogP contribution in [0.15, 0.2) is 12.1 Å². The lowest BCUT2D eigenvalue weighted by atomic mass is 10.0. The summed E-state index contributed by atoms with van der Waals surface area (Å²) in [6, 6.07) is 2.31. The zero-order valence-electron chi connectivity index (χ0n) is 10.2. The van der Waals surface area contributed by atoms with E-state index in [1.54, 1.807) is 0 Å². The quantitative estimate of drug-likeness (QED) is 0.888. The number of aryl methyl sites for hydroxylation is 1. The SMILES string of the molecule is COc1c(CCCO)ccc(C(F)(F)F)c1OC. The summed E-state index contributed by atoms with van der Waals surface area (Å²) in [4.78, 5) is 0. The van der Waals surface area contributed by atoms with E-state index in [2.05, 4.69) is 0 Å². The first-order chi connectivity index (χ1) is 8.45. The molecule has 1 N–H and O–H groups in total. The Morgan fingerprint density at radius 2 is 1.72 bits per heavy atom. The Labute approximate surface area is 103 Å². The molecule has 0 spiro atoms. The third kappa shape index (κ3) is 3.07. The fourth-order valence-corrected chi connectivity index (χ4v) is 1.72. The summed E-state index contributed by atoms with van der Waals surface area (Å²) in [6.07, 6.45) is -3.62. The average molecular weight is 264 g/mol. The molecule has 0 aliphatic heterocycles. The molecule has 0 unspecified atom stereocenters. The number of alkyl halides is 3. The second-order valence-electron chi connectivity index (χ2n) is 3.66. The molecule has 0 heterocycles. The van der Waals surface area contributed by atoms with Gasteiger partial charge in [0.15, 0.2) is 11.5 Å². The Kier molecular flexibility index (Phi) is 4.84. The summed E-state index contributed by atoms with van der Waals surface area (Å²) < 4.78 is 48.1. The maximum absolute atomic E-state index is 12.8. The minimum atomic E-state index is -4.49. The second-order valence-corrected chi connectivity index (χ2v) is 3.66. The van der Waals surface area contributed by atoms with E-state index < -0.39 is 11.7 Å². The number of halogens is 3. The molecule has 3 nitrogen and oxygen atoms in total. The molecule has 0 fully saturated rings. The number of hydrogen-bond acceptors (Lipinski definition) is 3. The van der Waals surface area contributed by atoms with Crippen molar-refractivity contribution in [1.82, 2.24) is 0 Å². The smallest absolute Gasteiger partial charge is 0.420 e. The number of ether oxygens (including phenoxy) is 2. The van der Waals surface area contributed by atoms with E-state index in [0.29, 0.717) is 18.4 Å². The fourth-order valence-electron chi connectivity index (χ4n) is 1.72. The van der Waals surface area contributed by atoms with Crippen molar-refractivity contribution in [3.05, 3.63) is 23.3 Å². The van der Waals surface area contributed by atoms with Crippen LogP contribution in [-0.4, -0.2) is 25.9 Å². The molecule has 0 aliphatic carbocycles. The molecule has 102 valence electrons. The molecule has 6 heteroatoms. The van der Waals surface area contributed by atoms with Gasteiger partial charge in [0, 0.05) is 6.61 Å². The van der Waals surface area contributed by atoms with Gasteiger partial charge in [0.25, 0.3) is 0 Å². The Morgan fingerprint density at radius 3 is 2.17 bits per heavy atom. The second kappa shape index (κ2) is 5.95. The minimum Gasteiger partial charge on any atom is -0.493 e. The Balaban J connectivity index is 3.27. The van der Waals surface area contributed by atoms with Crippen molar-refractivity contribution >= 4 is 0 Å². The lowest BCUT2D eigenvalue weighted by Gasteiger charge is -2.17. The highest BCUT2D eigenvalue weighted by atomic mass is 19.4. The largest absolute Gasteiger partial charge is 0.493 e. The fraction of sp³-hybridized carbons (Fsp3) is 0.500. The molecular weight excluding hydrogens is 249 g/mol. The normalized spacial score (nSPS) is 11.4. The van der Waals surface area contributed by atoms with Crippen LogP contribution in [-0.2, 0) is 12.6 Å². The number of aliphatic hydroxyl groups is 1. The van der Waals surface area contributed by atoms with Crippen LogP contribution in [0.1, 0.15) is 17.5 Å². The Morgan fingerprint density at radius 1 is 1.11 bits per heavy atom. The number of methoxy groups -OCH3 is 2. The van der Waals surface area contributed by atoms with Crippen LogP contribution in [0.5, 0.6) is 11.5 Å². The predicted molar refractivity (Wildman–Crippen MR) is 60.0 cm³/mol. The van der Waals surface area contributed by atoms with Gasteiger partial charge in [0.2, 0.25) is 0 Å². The van der Waals surface area contributed by atoms with Gasteiger partial charge in [-0.15, -0.1) is 0 Å². The molecular formula is C12H15F3O3. The summed E-state index contributed by atoms with van der Waals surface area (Å²) in [6.45, 7) is -0.0352. The van der Waals surface area contributed by atoms with E-state index in [0.717, 1.165) is 6.07 Å². The van der Waals surface area contributed by atoms with Crippen LogP contribution >= 0.6 is 0 Å². The highest BCUT2D eigenvalue weighted by molar-refractivity contribution is 5.53. The molecule has 0 bridgehead atoms. The molecule has 0 aliphatic rings. The standard InChI is InChI=1S/C12H15F3O3/c1-17-10-8(4-3-7-16)5-6-9(11(10)18-2)12(13,14)15/h5-6,16H,3-4,7H2,1-2H3. The third-order valence-electron chi connectivity index (χ3n) is 2.51. The summed E-state index contributed by atoms with van der Waals surface area (Å²) in [5, 5.41) is 8.75. The van der Waals surface area contributed by atoms with Crippen LogP contribution in [0.25, 0.3) is 0 Å². The van der Waals surface area contributed by atoms with Gasteiger partial charge < -0.3 is 14.6 Å². The van der Waals surface area contributed by atoms with E-state index in [1.165, 1.54) is 20.3 Å². The van der Waals surface area contributed by atoms with Crippen molar-refractivity contribution in [2.45, 2.75) is 19.0 Å². The summed E-state index contributed by atoms with van der Waals surface area (Å²) in [5.74, 6) is -0.249. The molecule has 1 aromatic carbocycles. The zero-order valence-corrected chi connectivity index (χ0v) is 10.2. The van der Waals surface area contributed by atoms with Crippen LogP contribution < -0.4 is 9.47 Å². The van der Waals surface area contributed by atoms with E-state index in [-0.39, 0.29) is 18.1 Å². The van der Waals surface area contributed by atoms with E-state index in [1.807, 2.05) is 0 Å². The van der Waals surface area contributed by atoms with Crippen molar-refractivity contribution < 1.29 is 27.8 Å². The van der Waals surface area contributed by atoms with Crippen molar-refractivity contribution in [2.75, 3.05) is 20.8 Å². The Bertz CT molecular complexity index is 402. The molecule has 0 saturated heterocycles. The number of rotatable bonds is 5. The first-order valence-electron chi connectivity index (χ1n) is 5.37.